The third-order valence-corrected chi connectivity index (χ3v) is 2.92. The van der Waals surface area contributed by atoms with Gasteiger partial charge in [0.15, 0.2) is 0 Å². The quantitative estimate of drug-likeness (QED) is 0.579. The molecule has 2 rings (SSSR count). The number of para-hydroxylation sites is 1. The topological polar surface area (TPSA) is 44.8 Å². The number of methoxy groups -OCH3 is 1. The molecule has 0 amide bonds. The van der Waals surface area contributed by atoms with E-state index in [1.54, 1.807) is 12.1 Å². The molecule has 0 saturated carbocycles. The highest BCUT2D eigenvalue weighted by molar-refractivity contribution is 5.90. The molecule has 2 aromatic carbocycles. The first kappa shape index (κ1) is 15.1. The SMILES string of the molecule is COC(=O)c1ccccc1COCCOc1ccccc1. The molecule has 0 saturated heterocycles. The number of benzene rings is 2. The lowest BCUT2D eigenvalue weighted by molar-refractivity contribution is 0.0587. The van der Waals surface area contributed by atoms with Gasteiger partial charge in [-0.2, -0.15) is 0 Å². The first-order chi connectivity index (χ1) is 10.3. The molecule has 4 heteroatoms. The summed E-state index contributed by atoms with van der Waals surface area (Å²) in [6, 6.07) is 16.8. The number of hydrogen-bond acceptors (Lipinski definition) is 4. The monoisotopic (exact) mass is 286 g/mol. The number of carbonyl (C=O) groups excluding carboxylic acids is 1. The van der Waals surface area contributed by atoms with Crippen LogP contribution in [0.25, 0.3) is 0 Å². The van der Waals surface area contributed by atoms with Gasteiger partial charge in [0.25, 0.3) is 0 Å². The number of carbonyl (C=O) groups is 1. The molecule has 0 spiro atoms. The maximum atomic E-state index is 11.6. The molecule has 0 fully saturated rings. The molecular formula is C17H18O4. The van der Waals surface area contributed by atoms with Crippen molar-refractivity contribution in [2.75, 3.05) is 20.3 Å². The number of esters is 1. The average molecular weight is 286 g/mol. The second-order valence-electron chi connectivity index (χ2n) is 4.36. The van der Waals surface area contributed by atoms with Gasteiger partial charge in [0.05, 0.1) is 25.9 Å². The van der Waals surface area contributed by atoms with E-state index in [9.17, 15) is 4.79 Å². The Balaban J connectivity index is 1.77. The Hall–Kier alpha value is -2.33. The van der Waals surface area contributed by atoms with Gasteiger partial charge in [0.2, 0.25) is 0 Å². The Kier molecular flexibility index (Phi) is 5.79. The summed E-state index contributed by atoms with van der Waals surface area (Å²) in [7, 11) is 1.37. The summed E-state index contributed by atoms with van der Waals surface area (Å²) in [5.74, 6) is 0.464. The largest absolute Gasteiger partial charge is 0.491 e. The molecule has 4 nitrogen and oxygen atoms in total. The zero-order valence-electron chi connectivity index (χ0n) is 12.0. The molecule has 0 aliphatic rings. The molecular weight excluding hydrogens is 268 g/mol. The molecule has 0 N–H and O–H groups in total. The lowest BCUT2D eigenvalue weighted by atomic mass is 10.1. The summed E-state index contributed by atoms with van der Waals surface area (Å²) in [5.41, 5.74) is 1.34. The predicted octanol–water partition coefficient (Wildman–Crippen LogP) is 3.07. The van der Waals surface area contributed by atoms with Gasteiger partial charge in [-0.25, -0.2) is 4.79 Å². The van der Waals surface area contributed by atoms with Crippen molar-refractivity contribution in [3.05, 3.63) is 65.7 Å². The maximum absolute atomic E-state index is 11.6. The van der Waals surface area contributed by atoms with Gasteiger partial charge >= 0.3 is 5.97 Å². The molecule has 0 atom stereocenters. The van der Waals surface area contributed by atoms with Crippen molar-refractivity contribution in [2.24, 2.45) is 0 Å². The minimum atomic E-state index is -0.352. The average Bonchev–Trinajstić information content (AvgIpc) is 2.55. The van der Waals surface area contributed by atoms with Crippen LogP contribution in [0.3, 0.4) is 0 Å². The lowest BCUT2D eigenvalue weighted by Crippen LogP contribution is -2.10. The van der Waals surface area contributed by atoms with E-state index in [0.717, 1.165) is 11.3 Å². The molecule has 0 aromatic heterocycles. The van der Waals surface area contributed by atoms with E-state index >= 15 is 0 Å². The van der Waals surface area contributed by atoms with E-state index < -0.39 is 0 Å². The Morgan fingerprint density at radius 3 is 2.43 bits per heavy atom. The number of hydrogen-bond donors (Lipinski definition) is 0. The molecule has 0 radical (unpaired) electrons. The van der Waals surface area contributed by atoms with Crippen LogP contribution in [0.4, 0.5) is 0 Å². The van der Waals surface area contributed by atoms with E-state index in [-0.39, 0.29) is 5.97 Å². The fraction of sp³-hybridized carbons (Fsp3) is 0.235. The Morgan fingerprint density at radius 1 is 0.952 bits per heavy atom. The summed E-state index contributed by atoms with van der Waals surface area (Å²) in [4.78, 5) is 11.6. The Bertz CT molecular complexity index is 566. The van der Waals surface area contributed by atoms with Crippen molar-refractivity contribution >= 4 is 5.97 Å². The van der Waals surface area contributed by atoms with Crippen molar-refractivity contribution in [1.29, 1.82) is 0 Å². The van der Waals surface area contributed by atoms with Crippen molar-refractivity contribution in [3.8, 4) is 5.75 Å². The van der Waals surface area contributed by atoms with E-state index in [0.29, 0.717) is 25.4 Å². The predicted molar refractivity (Wildman–Crippen MR) is 79.4 cm³/mol. The molecule has 21 heavy (non-hydrogen) atoms. The van der Waals surface area contributed by atoms with Crippen LogP contribution in [0.15, 0.2) is 54.6 Å². The smallest absolute Gasteiger partial charge is 0.338 e. The maximum Gasteiger partial charge on any atom is 0.338 e. The van der Waals surface area contributed by atoms with Crippen LogP contribution in [-0.4, -0.2) is 26.3 Å². The minimum Gasteiger partial charge on any atom is -0.491 e. The van der Waals surface area contributed by atoms with E-state index in [1.807, 2.05) is 42.5 Å². The highest BCUT2D eigenvalue weighted by Crippen LogP contribution is 2.12. The Labute approximate surface area is 124 Å². The summed E-state index contributed by atoms with van der Waals surface area (Å²) in [5, 5.41) is 0. The highest BCUT2D eigenvalue weighted by Gasteiger charge is 2.10. The summed E-state index contributed by atoms with van der Waals surface area (Å²) in [6.45, 7) is 1.26. The lowest BCUT2D eigenvalue weighted by Gasteiger charge is -2.09. The molecule has 0 aliphatic carbocycles. The molecule has 0 heterocycles. The van der Waals surface area contributed by atoms with Crippen LogP contribution < -0.4 is 4.74 Å². The zero-order chi connectivity index (χ0) is 14.9. The summed E-state index contributed by atoms with van der Waals surface area (Å²) in [6.07, 6.45) is 0. The van der Waals surface area contributed by atoms with Gasteiger partial charge in [-0.1, -0.05) is 36.4 Å². The second kappa shape index (κ2) is 8.07. The normalized spacial score (nSPS) is 10.1. The van der Waals surface area contributed by atoms with Crippen molar-refractivity contribution in [1.82, 2.24) is 0 Å². The third kappa shape index (κ3) is 4.61. The van der Waals surface area contributed by atoms with Gasteiger partial charge in [-0.3, -0.25) is 0 Å². The number of rotatable bonds is 7. The van der Waals surface area contributed by atoms with E-state index in [4.69, 9.17) is 14.2 Å². The summed E-state index contributed by atoms with van der Waals surface area (Å²) >= 11 is 0. The van der Waals surface area contributed by atoms with E-state index in [1.165, 1.54) is 7.11 Å². The van der Waals surface area contributed by atoms with Gasteiger partial charge < -0.3 is 14.2 Å². The highest BCUT2D eigenvalue weighted by atomic mass is 16.5. The van der Waals surface area contributed by atoms with Gasteiger partial charge in [0, 0.05) is 0 Å². The first-order valence-corrected chi connectivity index (χ1v) is 6.73. The zero-order valence-corrected chi connectivity index (χ0v) is 12.0. The van der Waals surface area contributed by atoms with Crippen LogP contribution in [0.5, 0.6) is 5.75 Å². The molecule has 0 aliphatic heterocycles. The summed E-state index contributed by atoms with van der Waals surface area (Å²) < 4.78 is 15.8. The van der Waals surface area contributed by atoms with Crippen LogP contribution >= 0.6 is 0 Å². The second-order valence-corrected chi connectivity index (χ2v) is 4.36. The van der Waals surface area contributed by atoms with Gasteiger partial charge in [-0.15, -0.1) is 0 Å². The molecule has 2 aromatic rings. The van der Waals surface area contributed by atoms with E-state index in [2.05, 4.69) is 0 Å². The van der Waals surface area contributed by atoms with Crippen LogP contribution in [0, 0.1) is 0 Å². The van der Waals surface area contributed by atoms with Gasteiger partial charge in [0.1, 0.15) is 12.4 Å². The fourth-order valence-corrected chi connectivity index (χ4v) is 1.87. The molecule has 110 valence electrons. The molecule has 0 unspecified atom stereocenters. The minimum absolute atomic E-state index is 0.351. The fourth-order valence-electron chi connectivity index (χ4n) is 1.87. The standard InChI is InChI=1S/C17H18O4/c1-19-17(18)16-10-6-5-7-14(16)13-20-11-12-21-15-8-3-2-4-9-15/h2-10H,11-13H2,1H3. The van der Waals surface area contributed by atoms with Crippen LogP contribution in [0.1, 0.15) is 15.9 Å². The van der Waals surface area contributed by atoms with Crippen LogP contribution in [-0.2, 0) is 16.1 Å². The third-order valence-electron chi connectivity index (χ3n) is 2.92. The first-order valence-electron chi connectivity index (χ1n) is 6.73. The van der Waals surface area contributed by atoms with Crippen molar-refractivity contribution in [3.63, 3.8) is 0 Å². The van der Waals surface area contributed by atoms with Crippen molar-refractivity contribution in [2.45, 2.75) is 6.61 Å². The Morgan fingerprint density at radius 2 is 1.67 bits per heavy atom. The molecule has 0 bridgehead atoms. The van der Waals surface area contributed by atoms with Gasteiger partial charge in [-0.05, 0) is 23.8 Å². The van der Waals surface area contributed by atoms with Crippen molar-refractivity contribution < 1.29 is 19.0 Å². The van der Waals surface area contributed by atoms with Crippen LogP contribution in [0.2, 0.25) is 0 Å². The number of ether oxygens (including phenoxy) is 3.